The zero-order valence-electron chi connectivity index (χ0n) is 17.7. The van der Waals surface area contributed by atoms with Gasteiger partial charge < -0.3 is 15.0 Å². The zero-order valence-corrected chi connectivity index (χ0v) is 20.1. The predicted octanol–water partition coefficient (Wildman–Crippen LogP) is 5.04. The molecule has 1 aliphatic rings. The summed E-state index contributed by atoms with van der Waals surface area (Å²) < 4.78 is 5.70. The summed E-state index contributed by atoms with van der Waals surface area (Å²) in [6.07, 6.45) is 0.0627. The normalized spacial score (nSPS) is 19.7. The number of hydrogen-bond donors (Lipinski definition) is 1. The Morgan fingerprint density at radius 3 is 2.42 bits per heavy atom. The maximum atomic E-state index is 12.8. The summed E-state index contributed by atoms with van der Waals surface area (Å²) in [5.74, 6) is -0.0986. The number of halogens is 2. The molecule has 8 heteroatoms. The molecule has 0 bridgehead atoms. The zero-order chi connectivity index (χ0) is 22.5. The molecule has 5 nitrogen and oxygen atoms in total. The van der Waals surface area contributed by atoms with Crippen molar-refractivity contribution in [2.24, 2.45) is 0 Å². The molecule has 2 amide bonds. The van der Waals surface area contributed by atoms with Gasteiger partial charge >= 0.3 is 0 Å². The molecule has 1 aliphatic heterocycles. The number of ether oxygens (including phenoxy) is 1. The first-order valence-corrected chi connectivity index (χ1v) is 11.8. The maximum Gasteiger partial charge on any atom is 0.254 e. The molecule has 31 heavy (non-hydrogen) atoms. The van der Waals surface area contributed by atoms with Crippen molar-refractivity contribution in [2.45, 2.75) is 49.7 Å². The molecule has 1 fully saturated rings. The first-order valence-electron chi connectivity index (χ1n) is 10.2. The van der Waals surface area contributed by atoms with Crippen molar-refractivity contribution >= 4 is 46.8 Å². The Kier molecular flexibility index (Phi) is 8.28. The topological polar surface area (TPSA) is 58.6 Å². The van der Waals surface area contributed by atoms with Crippen molar-refractivity contribution in [1.82, 2.24) is 10.2 Å². The number of rotatable bonds is 6. The molecule has 0 aliphatic carbocycles. The van der Waals surface area contributed by atoms with Gasteiger partial charge in [0, 0.05) is 35.1 Å². The molecule has 1 N–H and O–H groups in total. The lowest BCUT2D eigenvalue weighted by atomic mass is 10.1. The van der Waals surface area contributed by atoms with Crippen LogP contribution in [0.2, 0.25) is 10.0 Å². The van der Waals surface area contributed by atoms with Crippen LogP contribution in [-0.2, 0) is 16.1 Å². The quantitative estimate of drug-likeness (QED) is 0.588. The average molecular weight is 481 g/mol. The highest BCUT2D eigenvalue weighted by atomic mass is 35.5. The van der Waals surface area contributed by atoms with Crippen LogP contribution < -0.4 is 5.32 Å². The van der Waals surface area contributed by atoms with Crippen molar-refractivity contribution in [3.8, 4) is 0 Å². The van der Waals surface area contributed by atoms with Gasteiger partial charge in [-0.15, -0.1) is 11.8 Å². The third kappa shape index (κ3) is 6.62. The summed E-state index contributed by atoms with van der Waals surface area (Å²) >= 11 is 13.6. The van der Waals surface area contributed by atoms with E-state index in [0.29, 0.717) is 35.2 Å². The number of carbonyl (C=O) groups is 2. The molecule has 3 atom stereocenters. The minimum absolute atomic E-state index is 0.000934. The number of morpholine rings is 1. The molecular weight excluding hydrogens is 455 g/mol. The molecule has 0 spiro atoms. The van der Waals surface area contributed by atoms with Crippen LogP contribution in [0.5, 0.6) is 0 Å². The minimum Gasteiger partial charge on any atom is -0.372 e. The Morgan fingerprint density at radius 2 is 1.77 bits per heavy atom. The molecule has 0 radical (unpaired) electrons. The summed E-state index contributed by atoms with van der Waals surface area (Å²) in [6.45, 7) is 7.33. The molecule has 2 aromatic carbocycles. The van der Waals surface area contributed by atoms with E-state index in [2.05, 4.69) is 5.32 Å². The number of nitrogens with zero attached hydrogens (tertiary/aromatic N) is 1. The fourth-order valence-electron chi connectivity index (χ4n) is 3.44. The Bertz CT molecular complexity index is 929. The molecule has 1 heterocycles. The molecule has 0 saturated carbocycles. The van der Waals surface area contributed by atoms with Crippen LogP contribution in [0.25, 0.3) is 0 Å². The van der Waals surface area contributed by atoms with E-state index in [0.717, 1.165) is 10.5 Å². The van der Waals surface area contributed by atoms with Crippen LogP contribution in [0.3, 0.4) is 0 Å². The number of benzene rings is 2. The van der Waals surface area contributed by atoms with Gasteiger partial charge in [0.05, 0.1) is 22.5 Å². The second-order valence-corrected chi connectivity index (χ2v) is 9.94. The summed E-state index contributed by atoms with van der Waals surface area (Å²) in [5, 5.41) is 3.74. The van der Waals surface area contributed by atoms with E-state index in [1.165, 1.54) is 11.8 Å². The molecule has 1 saturated heterocycles. The highest BCUT2D eigenvalue weighted by Crippen LogP contribution is 2.32. The molecule has 2 aromatic rings. The van der Waals surface area contributed by atoms with Gasteiger partial charge in [-0.25, -0.2) is 0 Å². The summed E-state index contributed by atoms with van der Waals surface area (Å²) in [7, 11) is 0. The van der Waals surface area contributed by atoms with Crippen LogP contribution in [0.15, 0.2) is 47.4 Å². The molecule has 166 valence electrons. The van der Waals surface area contributed by atoms with Gasteiger partial charge in [0.2, 0.25) is 5.91 Å². The third-order valence-corrected chi connectivity index (χ3v) is 6.78. The Morgan fingerprint density at radius 1 is 1.13 bits per heavy atom. The van der Waals surface area contributed by atoms with Crippen molar-refractivity contribution in [3.05, 3.63) is 63.6 Å². The summed E-state index contributed by atoms with van der Waals surface area (Å²) in [5.41, 5.74) is 1.56. The lowest BCUT2D eigenvalue weighted by Gasteiger charge is -2.35. The van der Waals surface area contributed by atoms with E-state index < -0.39 is 0 Å². The van der Waals surface area contributed by atoms with Crippen molar-refractivity contribution < 1.29 is 14.3 Å². The molecule has 0 aromatic heterocycles. The lowest BCUT2D eigenvalue weighted by Crippen LogP contribution is -2.48. The van der Waals surface area contributed by atoms with Crippen LogP contribution >= 0.6 is 35.0 Å². The van der Waals surface area contributed by atoms with E-state index in [1.807, 2.05) is 37.8 Å². The van der Waals surface area contributed by atoms with Crippen LogP contribution in [-0.4, -0.2) is 47.3 Å². The van der Waals surface area contributed by atoms with Gasteiger partial charge in [0.25, 0.3) is 5.91 Å². The lowest BCUT2D eigenvalue weighted by molar-refractivity contribution is -0.120. The van der Waals surface area contributed by atoms with Crippen molar-refractivity contribution in [1.29, 1.82) is 0 Å². The maximum absolute atomic E-state index is 12.8. The monoisotopic (exact) mass is 480 g/mol. The van der Waals surface area contributed by atoms with Gasteiger partial charge in [-0.1, -0.05) is 35.3 Å². The molecule has 3 rings (SSSR count). The first kappa shape index (κ1) is 23.9. The number of nitrogens with one attached hydrogen (secondary N) is 1. The second-order valence-electron chi connectivity index (χ2n) is 7.72. The van der Waals surface area contributed by atoms with Crippen LogP contribution in [0.4, 0.5) is 0 Å². The standard InChI is InChI=1S/C23H26Cl2N2O3S/c1-14-12-27(13-15(2)30-14)23(29)18-6-4-17(5-7-18)11-26-22(28)16(3)31-21-10-19(24)8-9-20(21)25/h4-10,14-16H,11-13H2,1-3H3,(H,26,28). The largest absolute Gasteiger partial charge is 0.372 e. The molecule has 3 unspecified atom stereocenters. The van der Waals surface area contributed by atoms with E-state index in [-0.39, 0.29) is 29.3 Å². The van der Waals surface area contributed by atoms with Gasteiger partial charge in [0.1, 0.15) is 0 Å². The molecular formula is C23H26Cl2N2O3S. The second kappa shape index (κ2) is 10.7. The van der Waals surface area contributed by atoms with Crippen LogP contribution in [0, 0.1) is 0 Å². The average Bonchev–Trinajstić information content (AvgIpc) is 2.73. The Balaban J connectivity index is 1.53. The third-order valence-electron chi connectivity index (χ3n) is 4.94. The van der Waals surface area contributed by atoms with Gasteiger partial charge in [-0.3, -0.25) is 9.59 Å². The number of thioether (sulfide) groups is 1. The van der Waals surface area contributed by atoms with Crippen molar-refractivity contribution in [3.63, 3.8) is 0 Å². The number of carbonyl (C=O) groups excluding carboxylic acids is 2. The summed E-state index contributed by atoms with van der Waals surface area (Å²) in [4.78, 5) is 27.8. The van der Waals surface area contributed by atoms with Gasteiger partial charge in [-0.2, -0.15) is 0 Å². The smallest absolute Gasteiger partial charge is 0.254 e. The Labute approximate surface area is 197 Å². The van der Waals surface area contributed by atoms with E-state index in [4.69, 9.17) is 27.9 Å². The van der Waals surface area contributed by atoms with E-state index >= 15 is 0 Å². The predicted molar refractivity (Wildman–Crippen MR) is 126 cm³/mol. The van der Waals surface area contributed by atoms with Crippen molar-refractivity contribution in [2.75, 3.05) is 13.1 Å². The fraction of sp³-hybridized carbons (Fsp3) is 0.391. The number of hydrogen-bond acceptors (Lipinski definition) is 4. The number of amides is 2. The van der Waals surface area contributed by atoms with Gasteiger partial charge in [0.15, 0.2) is 0 Å². The summed E-state index contributed by atoms with van der Waals surface area (Å²) in [6, 6.07) is 12.5. The highest BCUT2D eigenvalue weighted by molar-refractivity contribution is 8.00. The van der Waals surface area contributed by atoms with Crippen LogP contribution in [0.1, 0.15) is 36.7 Å². The first-order chi connectivity index (χ1) is 14.7. The van der Waals surface area contributed by atoms with E-state index in [1.54, 1.807) is 30.3 Å². The SMILES string of the molecule is CC1CN(C(=O)c2ccc(CNC(=O)C(C)Sc3cc(Cl)ccc3Cl)cc2)CC(C)O1. The fourth-order valence-corrected chi connectivity index (χ4v) is 4.87. The Hall–Kier alpha value is -1.73. The van der Waals surface area contributed by atoms with E-state index in [9.17, 15) is 9.59 Å². The van der Waals surface area contributed by atoms with Gasteiger partial charge in [-0.05, 0) is 56.7 Å². The highest BCUT2D eigenvalue weighted by Gasteiger charge is 2.26. The minimum atomic E-state index is -0.331.